The summed E-state index contributed by atoms with van der Waals surface area (Å²) in [6.45, 7) is 6.35. The van der Waals surface area contributed by atoms with Gasteiger partial charge in [0.2, 0.25) is 0 Å². The van der Waals surface area contributed by atoms with Crippen LogP contribution in [0.3, 0.4) is 0 Å². The lowest BCUT2D eigenvalue weighted by Crippen LogP contribution is -2.01. The normalized spacial score (nSPS) is 12.0. The number of hydrogen-bond acceptors (Lipinski definition) is 3. The summed E-state index contributed by atoms with van der Waals surface area (Å²) in [5.41, 5.74) is 2.64. The second kappa shape index (κ2) is 7.18. The number of carbonyl (C=O) groups is 1. The van der Waals surface area contributed by atoms with Crippen molar-refractivity contribution in [1.82, 2.24) is 0 Å². The Kier molecular flexibility index (Phi) is 5.27. The van der Waals surface area contributed by atoms with E-state index in [1.165, 1.54) is 11.6 Å². The van der Waals surface area contributed by atoms with Gasteiger partial charge in [-0.2, -0.15) is 0 Å². The minimum absolute atomic E-state index is 0.146. The summed E-state index contributed by atoms with van der Waals surface area (Å²) in [6.07, 6.45) is 1.10. The van der Waals surface area contributed by atoms with E-state index in [0.717, 1.165) is 12.0 Å². The van der Waals surface area contributed by atoms with Crippen LogP contribution >= 0.6 is 0 Å². The average molecular weight is 314 g/mol. The highest BCUT2D eigenvalue weighted by Crippen LogP contribution is 2.28. The van der Waals surface area contributed by atoms with E-state index in [4.69, 9.17) is 9.84 Å². The highest BCUT2D eigenvalue weighted by Gasteiger charge is 2.14. The van der Waals surface area contributed by atoms with Crippen molar-refractivity contribution in [2.45, 2.75) is 39.7 Å². The molecule has 4 nitrogen and oxygen atoms in total. The van der Waals surface area contributed by atoms with Gasteiger partial charge in [-0.05, 0) is 48.1 Å². The van der Waals surface area contributed by atoms with Crippen molar-refractivity contribution in [1.29, 1.82) is 0 Å². The Hall–Kier alpha value is -2.49. The maximum Gasteiger partial charge on any atom is 0.339 e. The number of aryl methyl sites for hydroxylation is 1. The smallest absolute Gasteiger partial charge is 0.339 e. The molecule has 2 N–H and O–H groups in total. The van der Waals surface area contributed by atoms with E-state index in [1.807, 2.05) is 12.1 Å². The monoisotopic (exact) mass is 314 g/mol. The third kappa shape index (κ3) is 4.03. The first kappa shape index (κ1) is 16.9. The SMILES string of the molecule is CCC(C)c1ccc(COc2cc(C)c(O)c(C(=O)O)c2)cc1. The molecule has 0 bridgehead atoms. The Morgan fingerprint density at radius 3 is 2.43 bits per heavy atom. The Balaban J connectivity index is 2.10. The molecular formula is C19H22O4. The highest BCUT2D eigenvalue weighted by atomic mass is 16.5. The van der Waals surface area contributed by atoms with Gasteiger partial charge < -0.3 is 14.9 Å². The predicted molar refractivity (Wildman–Crippen MR) is 89.3 cm³/mol. The molecular weight excluding hydrogens is 292 g/mol. The number of carboxylic acid groups (broad SMARTS) is 1. The van der Waals surface area contributed by atoms with Crippen LogP contribution in [0.5, 0.6) is 11.5 Å². The number of aromatic hydroxyl groups is 1. The lowest BCUT2D eigenvalue weighted by atomic mass is 9.98. The van der Waals surface area contributed by atoms with Crippen molar-refractivity contribution in [3.8, 4) is 11.5 Å². The molecule has 0 spiro atoms. The number of benzene rings is 2. The fraction of sp³-hybridized carbons (Fsp3) is 0.316. The van der Waals surface area contributed by atoms with Crippen LogP contribution in [-0.2, 0) is 6.61 Å². The molecule has 0 aromatic heterocycles. The number of ether oxygens (including phenoxy) is 1. The number of aromatic carboxylic acids is 1. The second-order valence-electron chi connectivity index (χ2n) is 5.78. The molecule has 0 heterocycles. The van der Waals surface area contributed by atoms with Crippen molar-refractivity contribution in [2.75, 3.05) is 0 Å². The van der Waals surface area contributed by atoms with Crippen LogP contribution in [0.4, 0.5) is 0 Å². The Morgan fingerprint density at radius 1 is 1.22 bits per heavy atom. The van der Waals surface area contributed by atoms with E-state index >= 15 is 0 Å². The van der Waals surface area contributed by atoms with Gasteiger partial charge in [-0.15, -0.1) is 0 Å². The molecule has 0 aliphatic heterocycles. The minimum Gasteiger partial charge on any atom is -0.507 e. The Morgan fingerprint density at radius 2 is 1.87 bits per heavy atom. The van der Waals surface area contributed by atoms with E-state index in [9.17, 15) is 9.90 Å². The molecule has 0 saturated heterocycles. The summed E-state index contributed by atoms with van der Waals surface area (Å²) in [6, 6.07) is 11.2. The molecule has 2 aromatic rings. The van der Waals surface area contributed by atoms with Gasteiger partial charge in [0, 0.05) is 0 Å². The lowest BCUT2D eigenvalue weighted by molar-refractivity contribution is 0.0693. The van der Waals surface area contributed by atoms with Crippen LogP contribution in [-0.4, -0.2) is 16.2 Å². The van der Waals surface area contributed by atoms with Crippen LogP contribution in [0.15, 0.2) is 36.4 Å². The number of rotatable bonds is 6. The summed E-state index contributed by atoms with van der Waals surface area (Å²) in [5.74, 6) is -0.428. The van der Waals surface area contributed by atoms with E-state index in [0.29, 0.717) is 23.8 Å². The summed E-state index contributed by atoms with van der Waals surface area (Å²) in [5, 5.41) is 18.8. The van der Waals surface area contributed by atoms with Gasteiger partial charge in [-0.1, -0.05) is 38.1 Å². The molecule has 2 rings (SSSR count). The van der Waals surface area contributed by atoms with Gasteiger partial charge in [0.15, 0.2) is 0 Å². The van der Waals surface area contributed by atoms with Gasteiger partial charge in [-0.3, -0.25) is 0 Å². The van der Waals surface area contributed by atoms with Crippen LogP contribution in [0.25, 0.3) is 0 Å². The van der Waals surface area contributed by atoms with Crippen molar-refractivity contribution in [2.24, 2.45) is 0 Å². The summed E-state index contributed by atoms with van der Waals surface area (Å²) in [7, 11) is 0. The first-order chi connectivity index (χ1) is 10.9. The molecule has 0 aliphatic carbocycles. The van der Waals surface area contributed by atoms with E-state index in [1.54, 1.807) is 13.0 Å². The molecule has 1 unspecified atom stereocenters. The van der Waals surface area contributed by atoms with Crippen LogP contribution < -0.4 is 4.74 Å². The summed E-state index contributed by atoms with van der Waals surface area (Å²) >= 11 is 0. The minimum atomic E-state index is -1.17. The molecule has 2 aromatic carbocycles. The fourth-order valence-electron chi connectivity index (χ4n) is 2.34. The highest BCUT2D eigenvalue weighted by molar-refractivity contribution is 5.91. The van der Waals surface area contributed by atoms with Gasteiger partial charge in [0.1, 0.15) is 23.7 Å². The maximum atomic E-state index is 11.1. The van der Waals surface area contributed by atoms with Crippen molar-refractivity contribution >= 4 is 5.97 Å². The molecule has 0 fully saturated rings. The summed E-state index contributed by atoms with van der Waals surface area (Å²) < 4.78 is 5.67. The number of carboxylic acids is 1. The zero-order valence-corrected chi connectivity index (χ0v) is 13.7. The van der Waals surface area contributed by atoms with Crippen LogP contribution in [0.2, 0.25) is 0 Å². The summed E-state index contributed by atoms with van der Waals surface area (Å²) in [4.78, 5) is 11.1. The predicted octanol–water partition coefficient (Wildman–Crippen LogP) is 4.49. The fourth-order valence-corrected chi connectivity index (χ4v) is 2.34. The van der Waals surface area contributed by atoms with Crippen LogP contribution in [0, 0.1) is 6.92 Å². The number of phenols is 1. The van der Waals surface area contributed by atoms with Gasteiger partial charge in [0.25, 0.3) is 0 Å². The molecule has 23 heavy (non-hydrogen) atoms. The first-order valence-corrected chi connectivity index (χ1v) is 7.71. The quantitative estimate of drug-likeness (QED) is 0.824. The molecule has 122 valence electrons. The standard InChI is InChI=1S/C19H22O4/c1-4-12(2)15-7-5-14(6-8-15)11-23-16-9-13(3)18(20)17(10-16)19(21)22/h5-10,12,20H,4,11H2,1-3H3,(H,21,22). The third-order valence-corrected chi connectivity index (χ3v) is 4.07. The Bertz CT molecular complexity index is 689. The molecule has 0 radical (unpaired) electrons. The topological polar surface area (TPSA) is 66.8 Å². The molecule has 0 saturated carbocycles. The van der Waals surface area contributed by atoms with E-state index in [2.05, 4.69) is 26.0 Å². The van der Waals surface area contributed by atoms with Gasteiger partial charge in [0.05, 0.1) is 0 Å². The maximum absolute atomic E-state index is 11.1. The zero-order chi connectivity index (χ0) is 17.0. The zero-order valence-electron chi connectivity index (χ0n) is 13.7. The number of hydrogen-bond donors (Lipinski definition) is 2. The van der Waals surface area contributed by atoms with Gasteiger partial charge >= 0.3 is 5.97 Å². The van der Waals surface area contributed by atoms with Crippen molar-refractivity contribution in [3.05, 3.63) is 58.7 Å². The first-order valence-electron chi connectivity index (χ1n) is 7.71. The molecule has 0 aliphatic rings. The lowest BCUT2D eigenvalue weighted by Gasteiger charge is -2.12. The van der Waals surface area contributed by atoms with Crippen LogP contribution in [0.1, 0.15) is 53.2 Å². The second-order valence-corrected chi connectivity index (χ2v) is 5.78. The largest absolute Gasteiger partial charge is 0.507 e. The molecule has 1 atom stereocenters. The average Bonchev–Trinajstić information content (AvgIpc) is 2.55. The van der Waals surface area contributed by atoms with E-state index < -0.39 is 5.97 Å². The van der Waals surface area contributed by atoms with Crippen molar-refractivity contribution < 1.29 is 19.7 Å². The Labute approximate surface area is 136 Å². The van der Waals surface area contributed by atoms with Crippen molar-refractivity contribution in [3.63, 3.8) is 0 Å². The molecule has 0 amide bonds. The van der Waals surface area contributed by atoms with E-state index in [-0.39, 0.29) is 11.3 Å². The third-order valence-electron chi connectivity index (χ3n) is 4.07. The molecule has 4 heteroatoms. The van der Waals surface area contributed by atoms with Gasteiger partial charge in [-0.25, -0.2) is 4.79 Å².